The highest BCUT2D eigenvalue weighted by atomic mass is 32.2. The van der Waals surface area contributed by atoms with E-state index >= 15 is 0 Å². The van der Waals surface area contributed by atoms with Crippen LogP contribution in [0.4, 0.5) is 17.5 Å². The highest BCUT2D eigenvalue weighted by Gasteiger charge is 2.23. The molecule has 3 aromatic heterocycles. The second kappa shape index (κ2) is 26.3. The molecule has 0 bridgehead atoms. The van der Waals surface area contributed by atoms with E-state index in [-0.39, 0.29) is 20.0 Å². The largest absolute Gasteiger partial charge is 0.493 e. The summed E-state index contributed by atoms with van der Waals surface area (Å²) in [6.07, 6.45) is 13.2. The molecule has 0 spiro atoms. The summed E-state index contributed by atoms with van der Waals surface area (Å²) in [5.41, 5.74) is 8.42. The Morgan fingerprint density at radius 2 is 1.03 bits per heavy atom. The van der Waals surface area contributed by atoms with Crippen LogP contribution in [0.25, 0.3) is 0 Å². The summed E-state index contributed by atoms with van der Waals surface area (Å²) >= 11 is 2.00. The van der Waals surface area contributed by atoms with Crippen molar-refractivity contribution in [3.63, 3.8) is 0 Å². The Kier molecular flexibility index (Phi) is 18.3. The molecule has 15 nitrogen and oxygen atoms in total. The van der Waals surface area contributed by atoms with Crippen molar-refractivity contribution in [1.82, 2.24) is 30.9 Å². The van der Waals surface area contributed by atoms with Gasteiger partial charge in [0.2, 0.25) is 6.79 Å². The molecule has 6 aromatic rings. The van der Waals surface area contributed by atoms with Crippen molar-refractivity contribution in [3.05, 3.63) is 142 Å². The second-order valence-electron chi connectivity index (χ2n) is 19.6. The van der Waals surface area contributed by atoms with Crippen molar-refractivity contribution in [2.45, 2.75) is 97.9 Å². The lowest BCUT2D eigenvalue weighted by atomic mass is 10.1. The van der Waals surface area contributed by atoms with Crippen molar-refractivity contribution in [2.24, 2.45) is 0 Å². The molecular formula is C59H73N9O6S. The Hall–Kier alpha value is -6.46. The highest BCUT2D eigenvalue weighted by molar-refractivity contribution is 7.99. The number of rotatable bonds is 24. The Morgan fingerprint density at radius 3 is 1.60 bits per heavy atom. The first-order chi connectivity index (χ1) is 37.1. The molecule has 0 atom stereocenters. The molecule has 3 N–H and O–H groups in total. The molecule has 0 unspecified atom stereocenters. The van der Waals surface area contributed by atoms with Gasteiger partial charge in [0, 0.05) is 125 Å². The number of benzene rings is 3. The molecule has 3 fully saturated rings. The zero-order chi connectivity index (χ0) is 51.0. The van der Waals surface area contributed by atoms with Crippen molar-refractivity contribution in [2.75, 3.05) is 86.0 Å². The first-order valence-corrected chi connectivity index (χ1v) is 28.1. The SMILES string of the molecule is CCOc1cccc(CNCc2ccnc(N3CCCCC3)c2)c1OCc1cc(CNCc2ccnc(N3CCCCC3)c2)c(OCc2cc(CNCc3ccnc(N4CCSCC4)c3)c3c(c2)OCO3)c(OC)c1. The van der Waals surface area contributed by atoms with E-state index in [1.54, 1.807) is 7.11 Å². The van der Waals surface area contributed by atoms with Crippen LogP contribution >= 0.6 is 11.8 Å². The van der Waals surface area contributed by atoms with Gasteiger partial charge in [-0.15, -0.1) is 0 Å². The van der Waals surface area contributed by atoms with Crippen molar-refractivity contribution in [1.29, 1.82) is 0 Å². The molecule has 0 saturated carbocycles. The number of hydrogen-bond donors (Lipinski definition) is 3. The third-order valence-electron chi connectivity index (χ3n) is 14.2. The summed E-state index contributed by atoms with van der Waals surface area (Å²) in [6, 6.07) is 27.3. The minimum atomic E-state index is 0.178. The molecular weight excluding hydrogens is 963 g/mol. The predicted octanol–water partition coefficient (Wildman–Crippen LogP) is 9.57. The number of nitrogens with one attached hydrogen (secondary N) is 3. The van der Waals surface area contributed by atoms with Gasteiger partial charge in [-0.25, -0.2) is 15.0 Å². The Morgan fingerprint density at radius 1 is 0.507 bits per heavy atom. The molecule has 4 aliphatic rings. The van der Waals surface area contributed by atoms with Crippen LogP contribution in [0.5, 0.6) is 34.5 Å². The molecule has 10 rings (SSSR count). The smallest absolute Gasteiger partial charge is 0.231 e. The van der Waals surface area contributed by atoms with Gasteiger partial charge in [-0.2, -0.15) is 11.8 Å². The molecule has 3 aromatic carbocycles. The van der Waals surface area contributed by atoms with E-state index in [1.165, 1.54) is 55.2 Å². The van der Waals surface area contributed by atoms with E-state index in [0.717, 1.165) is 102 Å². The Balaban J connectivity index is 0.854. The number of hydrogen-bond acceptors (Lipinski definition) is 16. The minimum Gasteiger partial charge on any atom is -0.493 e. The molecule has 16 heteroatoms. The number of thioether (sulfide) groups is 1. The standard InChI is InChI=1S/C59H73N9O6S/c1-3-70-51-12-10-11-48(37-60-34-43-13-16-63-54(31-43)66-19-6-4-7-20-66)57(51)71-40-46-27-49(38-61-35-44-14-17-64-55(32-44)67-21-8-5-9-22-67)58(52(29-46)69-2)72-41-47-28-50(59-53(30-47)73-42-74-59)39-62-36-45-15-18-65-56(33-45)68-23-25-75-26-24-68/h10-18,27-33,60-62H,3-9,19-26,34-42H2,1-2H3. The number of ether oxygens (including phenoxy) is 6. The maximum atomic E-state index is 6.83. The zero-order valence-electron chi connectivity index (χ0n) is 43.7. The van der Waals surface area contributed by atoms with Crippen LogP contribution < -0.4 is 59.1 Å². The summed E-state index contributed by atoms with van der Waals surface area (Å²) in [7, 11) is 1.69. The second-order valence-corrected chi connectivity index (χ2v) is 20.8. The molecule has 0 radical (unpaired) electrons. The maximum Gasteiger partial charge on any atom is 0.231 e. The molecule has 7 heterocycles. The number of aromatic nitrogens is 3. The van der Waals surface area contributed by atoms with Gasteiger partial charge in [0.1, 0.15) is 30.7 Å². The minimum absolute atomic E-state index is 0.178. The molecule has 0 amide bonds. The van der Waals surface area contributed by atoms with Crippen LogP contribution in [0.1, 0.15) is 90.0 Å². The van der Waals surface area contributed by atoms with Gasteiger partial charge >= 0.3 is 0 Å². The molecule has 396 valence electrons. The van der Waals surface area contributed by atoms with Gasteiger partial charge < -0.3 is 59.1 Å². The normalized spacial score (nSPS) is 15.5. The summed E-state index contributed by atoms with van der Waals surface area (Å²) in [4.78, 5) is 21.3. The summed E-state index contributed by atoms with van der Waals surface area (Å²) in [5, 5.41) is 11.0. The summed E-state index contributed by atoms with van der Waals surface area (Å²) < 4.78 is 37.9. The number of pyridine rings is 3. The third-order valence-corrected chi connectivity index (χ3v) is 15.1. The van der Waals surface area contributed by atoms with E-state index in [9.17, 15) is 0 Å². The lowest BCUT2D eigenvalue weighted by molar-refractivity contribution is 0.173. The van der Waals surface area contributed by atoms with Crippen LogP contribution in [0.3, 0.4) is 0 Å². The molecule has 0 aliphatic carbocycles. The van der Waals surface area contributed by atoms with Crippen LogP contribution in [0, 0.1) is 0 Å². The van der Waals surface area contributed by atoms with Gasteiger partial charge in [0.25, 0.3) is 0 Å². The first kappa shape index (κ1) is 52.0. The van der Waals surface area contributed by atoms with E-state index in [2.05, 4.69) is 90.2 Å². The van der Waals surface area contributed by atoms with E-state index in [0.29, 0.717) is 74.6 Å². The predicted molar refractivity (Wildman–Crippen MR) is 298 cm³/mol. The van der Waals surface area contributed by atoms with Crippen LogP contribution in [-0.4, -0.2) is 86.2 Å². The van der Waals surface area contributed by atoms with E-state index < -0.39 is 0 Å². The zero-order valence-corrected chi connectivity index (χ0v) is 44.6. The molecule has 3 saturated heterocycles. The number of para-hydroxylation sites is 1. The van der Waals surface area contributed by atoms with Gasteiger partial charge in [-0.3, -0.25) is 0 Å². The number of fused-ring (bicyclic) bond motifs is 1. The van der Waals surface area contributed by atoms with Crippen LogP contribution in [-0.2, 0) is 52.5 Å². The van der Waals surface area contributed by atoms with Crippen LogP contribution in [0.2, 0.25) is 0 Å². The maximum absolute atomic E-state index is 6.83. The lowest BCUT2D eigenvalue weighted by Crippen LogP contribution is -2.33. The third kappa shape index (κ3) is 13.9. The molecule has 4 aliphatic heterocycles. The topological polar surface area (TPSA) is 140 Å². The number of nitrogens with zero attached hydrogens (tertiary/aromatic N) is 6. The fourth-order valence-corrected chi connectivity index (χ4v) is 11.3. The average molecular weight is 1040 g/mol. The Bertz CT molecular complexity index is 2800. The van der Waals surface area contributed by atoms with E-state index in [1.807, 2.05) is 61.5 Å². The lowest BCUT2D eigenvalue weighted by Gasteiger charge is -2.28. The Labute approximate surface area is 447 Å². The number of piperidine rings is 2. The van der Waals surface area contributed by atoms with Gasteiger partial charge in [0.15, 0.2) is 34.5 Å². The fraction of sp³-hybridized carbons (Fsp3) is 0.441. The molecule has 75 heavy (non-hydrogen) atoms. The van der Waals surface area contributed by atoms with Gasteiger partial charge in [-0.05, 0) is 140 Å². The average Bonchev–Trinajstić information content (AvgIpc) is 3.95. The van der Waals surface area contributed by atoms with Crippen molar-refractivity contribution in [3.8, 4) is 34.5 Å². The quantitative estimate of drug-likeness (QED) is 0.0530. The summed E-state index contributed by atoms with van der Waals surface area (Å²) in [6.45, 7) is 13.3. The van der Waals surface area contributed by atoms with Crippen molar-refractivity contribution >= 4 is 29.2 Å². The van der Waals surface area contributed by atoms with Crippen molar-refractivity contribution < 1.29 is 28.4 Å². The summed E-state index contributed by atoms with van der Waals surface area (Å²) in [5.74, 6) is 9.58. The monoisotopic (exact) mass is 1040 g/mol. The highest BCUT2D eigenvalue weighted by Crippen LogP contribution is 2.40. The van der Waals surface area contributed by atoms with E-state index in [4.69, 9.17) is 38.4 Å². The van der Waals surface area contributed by atoms with Gasteiger partial charge in [0.05, 0.1) is 13.7 Å². The fourth-order valence-electron chi connectivity index (χ4n) is 10.4. The first-order valence-electron chi connectivity index (χ1n) is 27.0. The van der Waals surface area contributed by atoms with Crippen LogP contribution in [0.15, 0.2) is 97.5 Å². The van der Waals surface area contributed by atoms with Gasteiger partial charge in [-0.1, -0.05) is 12.1 Å². The number of methoxy groups -OCH3 is 1. The number of anilines is 3.